The Labute approximate surface area is 142 Å². The molecule has 1 aliphatic carbocycles. The molecule has 2 heteroatoms. The van der Waals surface area contributed by atoms with E-state index < -0.39 is 0 Å². The van der Waals surface area contributed by atoms with E-state index in [1.54, 1.807) is 0 Å². The van der Waals surface area contributed by atoms with E-state index >= 15 is 0 Å². The van der Waals surface area contributed by atoms with Crippen molar-refractivity contribution in [1.82, 2.24) is 10.2 Å². The van der Waals surface area contributed by atoms with Gasteiger partial charge in [0, 0.05) is 25.7 Å². The van der Waals surface area contributed by atoms with E-state index in [0.717, 1.165) is 18.4 Å². The lowest BCUT2D eigenvalue weighted by Crippen LogP contribution is -2.49. The summed E-state index contributed by atoms with van der Waals surface area (Å²) in [5, 5.41) is 3.93. The van der Waals surface area contributed by atoms with E-state index in [4.69, 9.17) is 0 Å². The first kappa shape index (κ1) is 17.0. The van der Waals surface area contributed by atoms with E-state index in [1.807, 2.05) is 0 Å². The zero-order valence-electron chi connectivity index (χ0n) is 14.8. The molecule has 1 heterocycles. The van der Waals surface area contributed by atoms with Crippen molar-refractivity contribution in [2.75, 3.05) is 19.6 Å². The second kappa shape index (κ2) is 8.84. The average molecular weight is 315 g/mol. The first-order valence-corrected chi connectivity index (χ1v) is 9.83. The van der Waals surface area contributed by atoms with E-state index in [9.17, 15) is 0 Å². The molecule has 1 saturated heterocycles. The van der Waals surface area contributed by atoms with Gasteiger partial charge in [0.2, 0.25) is 0 Å². The van der Waals surface area contributed by atoms with Crippen LogP contribution in [0.3, 0.4) is 0 Å². The molecule has 2 fully saturated rings. The highest BCUT2D eigenvalue weighted by Gasteiger charge is 2.26. The van der Waals surface area contributed by atoms with Crippen LogP contribution >= 0.6 is 0 Å². The molecule has 1 saturated carbocycles. The summed E-state index contributed by atoms with van der Waals surface area (Å²) in [5.74, 6) is 1.80. The average Bonchev–Trinajstić information content (AvgIpc) is 2.61. The SMILES string of the molecule is CCC1CC(NCC2CCCCC2)CN(Cc2ccccc2)C1. The molecule has 0 radical (unpaired) electrons. The molecule has 2 atom stereocenters. The van der Waals surface area contributed by atoms with Gasteiger partial charge in [-0.25, -0.2) is 0 Å². The van der Waals surface area contributed by atoms with Crippen LogP contribution in [0, 0.1) is 11.8 Å². The number of piperidine rings is 1. The summed E-state index contributed by atoms with van der Waals surface area (Å²) in [6.45, 7) is 7.21. The summed E-state index contributed by atoms with van der Waals surface area (Å²) in [4.78, 5) is 2.67. The third-order valence-corrected chi connectivity index (χ3v) is 5.86. The number of hydrogen-bond donors (Lipinski definition) is 1. The molecule has 23 heavy (non-hydrogen) atoms. The van der Waals surface area contributed by atoms with Crippen LogP contribution in [0.25, 0.3) is 0 Å². The van der Waals surface area contributed by atoms with Gasteiger partial charge in [0.05, 0.1) is 0 Å². The van der Waals surface area contributed by atoms with E-state index in [0.29, 0.717) is 6.04 Å². The highest BCUT2D eigenvalue weighted by atomic mass is 15.2. The predicted octanol–water partition coefficient (Wildman–Crippen LogP) is 4.46. The lowest BCUT2D eigenvalue weighted by molar-refractivity contribution is 0.128. The van der Waals surface area contributed by atoms with E-state index in [-0.39, 0.29) is 0 Å². The normalized spacial score (nSPS) is 27.2. The fraction of sp³-hybridized carbons (Fsp3) is 0.714. The monoisotopic (exact) mass is 314 g/mol. The van der Waals surface area contributed by atoms with Gasteiger partial charge in [-0.05, 0) is 43.2 Å². The Balaban J connectivity index is 1.50. The number of rotatable bonds is 6. The molecular formula is C21H34N2. The number of nitrogens with one attached hydrogen (secondary N) is 1. The summed E-state index contributed by atoms with van der Waals surface area (Å²) >= 11 is 0. The maximum absolute atomic E-state index is 3.93. The first-order valence-electron chi connectivity index (χ1n) is 9.83. The van der Waals surface area contributed by atoms with Crippen molar-refractivity contribution in [1.29, 1.82) is 0 Å². The standard InChI is InChI=1S/C21H34N2/c1-2-18-13-21(22-14-19-9-5-3-6-10-19)17-23(15-18)16-20-11-7-4-8-12-20/h4,7-8,11-12,18-19,21-22H,2-3,5-6,9-10,13-17H2,1H3. The quantitative estimate of drug-likeness (QED) is 0.834. The molecular weight excluding hydrogens is 280 g/mol. The van der Waals surface area contributed by atoms with Crippen molar-refractivity contribution in [3.63, 3.8) is 0 Å². The van der Waals surface area contributed by atoms with E-state index in [1.165, 1.54) is 70.1 Å². The van der Waals surface area contributed by atoms with E-state index in [2.05, 4.69) is 47.5 Å². The molecule has 3 rings (SSSR count). The van der Waals surface area contributed by atoms with Crippen LogP contribution < -0.4 is 5.32 Å². The van der Waals surface area contributed by atoms with Crippen molar-refractivity contribution >= 4 is 0 Å². The Kier molecular flexibility index (Phi) is 6.53. The van der Waals surface area contributed by atoms with Crippen LogP contribution in [0.2, 0.25) is 0 Å². The third-order valence-electron chi connectivity index (χ3n) is 5.86. The maximum atomic E-state index is 3.93. The van der Waals surface area contributed by atoms with Gasteiger partial charge in [-0.3, -0.25) is 4.90 Å². The van der Waals surface area contributed by atoms with Crippen LogP contribution in [-0.2, 0) is 6.54 Å². The molecule has 0 spiro atoms. The summed E-state index contributed by atoms with van der Waals surface area (Å²) in [5.41, 5.74) is 1.45. The fourth-order valence-corrected chi connectivity index (χ4v) is 4.44. The fourth-order valence-electron chi connectivity index (χ4n) is 4.44. The van der Waals surface area contributed by atoms with Gasteiger partial charge in [0.15, 0.2) is 0 Å². The Morgan fingerprint density at radius 3 is 2.52 bits per heavy atom. The van der Waals surface area contributed by atoms with Crippen molar-refractivity contribution in [2.24, 2.45) is 11.8 Å². The zero-order chi connectivity index (χ0) is 15.9. The highest BCUT2D eigenvalue weighted by Crippen LogP contribution is 2.25. The largest absolute Gasteiger partial charge is 0.312 e. The summed E-state index contributed by atoms with van der Waals surface area (Å²) in [6.07, 6.45) is 9.95. The van der Waals surface area contributed by atoms with Crippen molar-refractivity contribution in [3.8, 4) is 0 Å². The number of nitrogens with zero attached hydrogens (tertiary/aromatic N) is 1. The van der Waals surface area contributed by atoms with Gasteiger partial charge in [-0.1, -0.05) is 62.9 Å². The Hall–Kier alpha value is -0.860. The van der Waals surface area contributed by atoms with Crippen molar-refractivity contribution in [3.05, 3.63) is 35.9 Å². The Morgan fingerprint density at radius 2 is 1.78 bits per heavy atom. The Morgan fingerprint density at radius 1 is 1.00 bits per heavy atom. The van der Waals surface area contributed by atoms with Crippen molar-refractivity contribution in [2.45, 2.75) is 64.5 Å². The Bertz CT molecular complexity index is 438. The molecule has 0 amide bonds. The van der Waals surface area contributed by atoms with Gasteiger partial charge < -0.3 is 5.32 Å². The molecule has 2 unspecified atom stereocenters. The number of likely N-dealkylation sites (tertiary alicyclic amines) is 1. The number of hydrogen-bond acceptors (Lipinski definition) is 2. The molecule has 128 valence electrons. The van der Waals surface area contributed by atoms with Crippen LogP contribution in [0.15, 0.2) is 30.3 Å². The van der Waals surface area contributed by atoms with Gasteiger partial charge in [-0.15, -0.1) is 0 Å². The van der Waals surface area contributed by atoms with Crippen LogP contribution in [-0.4, -0.2) is 30.6 Å². The minimum Gasteiger partial charge on any atom is -0.312 e. The maximum Gasteiger partial charge on any atom is 0.0234 e. The third kappa shape index (κ3) is 5.32. The number of benzene rings is 1. The molecule has 0 bridgehead atoms. The molecule has 2 aliphatic rings. The molecule has 2 nitrogen and oxygen atoms in total. The highest BCUT2D eigenvalue weighted by molar-refractivity contribution is 5.14. The van der Waals surface area contributed by atoms with Gasteiger partial charge in [0.25, 0.3) is 0 Å². The van der Waals surface area contributed by atoms with Gasteiger partial charge >= 0.3 is 0 Å². The van der Waals surface area contributed by atoms with Gasteiger partial charge in [-0.2, -0.15) is 0 Å². The molecule has 1 aromatic rings. The summed E-state index contributed by atoms with van der Waals surface area (Å²) < 4.78 is 0. The van der Waals surface area contributed by atoms with Gasteiger partial charge in [0.1, 0.15) is 0 Å². The smallest absolute Gasteiger partial charge is 0.0234 e. The predicted molar refractivity (Wildman–Crippen MR) is 98.5 cm³/mol. The summed E-state index contributed by atoms with van der Waals surface area (Å²) in [7, 11) is 0. The lowest BCUT2D eigenvalue weighted by Gasteiger charge is -2.39. The summed E-state index contributed by atoms with van der Waals surface area (Å²) in [6, 6.07) is 11.7. The van der Waals surface area contributed by atoms with Crippen LogP contribution in [0.5, 0.6) is 0 Å². The minimum atomic E-state index is 0.694. The first-order chi connectivity index (χ1) is 11.3. The zero-order valence-corrected chi connectivity index (χ0v) is 14.8. The van der Waals surface area contributed by atoms with Crippen LogP contribution in [0.4, 0.5) is 0 Å². The molecule has 1 aliphatic heterocycles. The minimum absolute atomic E-state index is 0.694. The molecule has 1 aromatic carbocycles. The topological polar surface area (TPSA) is 15.3 Å². The lowest BCUT2D eigenvalue weighted by atomic mass is 9.88. The van der Waals surface area contributed by atoms with Crippen molar-refractivity contribution < 1.29 is 0 Å². The molecule has 1 N–H and O–H groups in total. The van der Waals surface area contributed by atoms with Crippen LogP contribution in [0.1, 0.15) is 57.4 Å². The second-order valence-corrected chi connectivity index (χ2v) is 7.80. The molecule has 0 aromatic heterocycles. The second-order valence-electron chi connectivity index (χ2n) is 7.80.